The van der Waals surface area contributed by atoms with Crippen LogP contribution in [0.2, 0.25) is 0 Å². The van der Waals surface area contributed by atoms with Crippen molar-refractivity contribution in [3.05, 3.63) is 32.1 Å². The zero-order valence-corrected chi connectivity index (χ0v) is 17.8. The number of aliphatic hydroxyl groups is 2. The van der Waals surface area contributed by atoms with Crippen LogP contribution in [0.1, 0.15) is 59.0 Å². The van der Waals surface area contributed by atoms with Gasteiger partial charge in [0.1, 0.15) is 11.5 Å². The molecule has 0 saturated heterocycles. The lowest BCUT2D eigenvalue weighted by atomic mass is 9.75. The van der Waals surface area contributed by atoms with E-state index < -0.39 is 34.8 Å². The summed E-state index contributed by atoms with van der Waals surface area (Å²) in [4.78, 5) is 26.9. The number of carbonyl (C=O) groups excluding carboxylic acids is 2. The molecular weight excluding hydrogens is 400 g/mol. The van der Waals surface area contributed by atoms with Gasteiger partial charge >= 0.3 is 0 Å². The second kappa shape index (κ2) is 7.40. The molecule has 152 valence electrons. The SMILES string of the molecule is CCC(C)SC1=C(SC)C(=O)c2c(O)c3c(c(O)c2C1=O)C[C@](C)(O)[C@H](O)C3. The van der Waals surface area contributed by atoms with Gasteiger partial charge < -0.3 is 20.4 Å². The molecule has 3 rings (SSSR count). The van der Waals surface area contributed by atoms with Crippen molar-refractivity contribution in [1.29, 1.82) is 0 Å². The van der Waals surface area contributed by atoms with Gasteiger partial charge in [0.05, 0.1) is 32.6 Å². The summed E-state index contributed by atoms with van der Waals surface area (Å²) >= 11 is 2.43. The highest BCUT2D eigenvalue weighted by Gasteiger charge is 2.44. The molecule has 3 atom stereocenters. The Kier molecular flexibility index (Phi) is 5.62. The molecule has 0 spiro atoms. The van der Waals surface area contributed by atoms with Crippen LogP contribution in [0.3, 0.4) is 0 Å². The maximum Gasteiger partial charge on any atom is 0.205 e. The molecule has 0 radical (unpaired) electrons. The van der Waals surface area contributed by atoms with E-state index in [1.54, 1.807) is 6.26 Å². The number of ketones is 2. The number of aromatic hydroxyl groups is 2. The summed E-state index contributed by atoms with van der Waals surface area (Å²) in [7, 11) is 0. The highest BCUT2D eigenvalue weighted by Crippen LogP contribution is 2.49. The number of fused-ring (bicyclic) bond motifs is 2. The number of hydrogen-bond donors (Lipinski definition) is 4. The molecule has 0 aromatic heterocycles. The van der Waals surface area contributed by atoms with E-state index in [0.717, 1.165) is 18.2 Å². The highest BCUT2D eigenvalue weighted by atomic mass is 32.2. The van der Waals surface area contributed by atoms with Gasteiger partial charge in [-0.15, -0.1) is 23.5 Å². The number of phenols is 2. The average Bonchev–Trinajstić information content (AvgIpc) is 2.64. The predicted octanol–water partition coefficient (Wildman–Crippen LogP) is 2.79. The molecule has 0 heterocycles. The van der Waals surface area contributed by atoms with Crippen LogP contribution < -0.4 is 0 Å². The van der Waals surface area contributed by atoms with Crippen LogP contribution in [0, 0.1) is 0 Å². The van der Waals surface area contributed by atoms with E-state index >= 15 is 0 Å². The van der Waals surface area contributed by atoms with Crippen LogP contribution in [-0.4, -0.2) is 55.2 Å². The maximum atomic E-state index is 13.2. The van der Waals surface area contributed by atoms with Crippen molar-refractivity contribution in [2.45, 2.75) is 57.0 Å². The first-order valence-corrected chi connectivity index (χ1v) is 11.2. The van der Waals surface area contributed by atoms with Crippen molar-refractivity contribution >= 4 is 35.1 Å². The van der Waals surface area contributed by atoms with Crippen LogP contribution in [0.15, 0.2) is 9.81 Å². The predicted molar refractivity (Wildman–Crippen MR) is 110 cm³/mol. The van der Waals surface area contributed by atoms with E-state index in [1.807, 2.05) is 13.8 Å². The summed E-state index contributed by atoms with van der Waals surface area (Å²) in [5.41, 5.74) is -1.53. The average molecular weight is 425 g/mol. The Morgan fingerprint density at radius 2 is 1.64 bits per heavy atom. The number of carbonyl (C=O) groups is 2. The summed E-state index contributed by atoms with van der Waals surface area (Å²) in [6.07, 6.45) is 1.07. The van der Waals surface area contributed by atoms with E-state index in [-0.39, 0.29) is 50.2 Å². The summed E-state index contributed by atoms with van der Waals surface area (Å²) in [5, 5.41) is 42.3. The fourth-order valence-electron chi connectivity index (χ4n) is 3.58. The molecule has 0 aliphatic heterocycles. The van der Waals surface area contributed by atoms with Gasteiger partial charge in [-0.3, -0.25) is 9.59 Å². The number of benzene rings is 1. The number of aliphatic hydroxyl groups excluding tert-OH is 1. The molecule has 2 aliphatic carbocycles. The third-order valence-electron chi connectivity index (χ3n) is 5.48. The van der Waals surface area contributed by atoms with E-state index in [9.17, 15) is 30.0 Å². The summed E-state index contributed by atoms with van der Waals surface area (Å²) < 4.78 is 0. The van der Waals surface area contributed by atoms with Crippen LogP contribution in [0.25, 0.3) is 0 Å². The minimum absolute atomic E-state index is 0.0969. The quantitative estimate of drug-likeness (QED) is 0.546. The molecule has 0 saturated carbocycles. The van der Waals surface area contributed by atoms with E-state index in [1.165, 1.54) is 18.7 Å². The summed E-state index contributed by atoms with van der Waals surface area (Å²) in [6.45, 7) is 5.36. The smallest absolute Gasteiger partial charge is 0.205 e. The lowest BCUT2D eigenvalue weighted by molar-refractivity contribution is -0.0668. The monoisotopic (exact) mass is 424 g/mol. The molecule has 8 heteroatoms. The van der Waals surface area contributed by atoms with Crippen LogP contribution >= 0.6 is 23.5 Å². The van der Waals surface area contributed by atoms with Crippen molar-refractivity contribution in [1.82, 2.24) is 0 Å². The minimum Gasteiger partial charge on any atom is -0.507 e. The molecule has 4 N–H and O–H groups in total. The van der Waals surface area contributed by atoms with Crippen molar-refractivity contribution in [3.8, 4) is 11.5 Å². The van der Waals surface area contributed by atoms with E-state index in [0.29, 0.717) is 0 Å². The fraction of sp³-hybridized carbons (Fsp3) is 0.500. The van der Waals surface area contributed by atoms with Gasteiger partial charge in [0.2, 0.25) is 11.6 Å². The molecule has 1 unspecified atom stereocenters. The largest absolute Gasteiger partial charge is 0.507 e. The number of hydrogen-bond acceptors (Lipinski definition) is 8. The topological polar surface area (TPSA) is 115 Å². The number of allylic oxidation sites excluding steroid dienone is 2. The Balaban J connectivity index is 2.25. The molecule has 2 aliphatic rings. The van der Waals surface area contributed by atoms with Crippen LogP contribution in [0.5, 0.6) is 11.5 Å². The third kappa shape index (κ3) is 3.16. The van der Waals surface area contributed by atoms with Crippen LogP contribution in [0.4, 0.5) is 0 Å². The van der Waals surface area contributed by atoms with Crippen molar-refractivity contribution in [2.75, 3.05) is 6.26 Å². The molecule has 0 bridgehead atoms. The minimum atomic E-state index is -1.51. The van der Waals surface area contributed by atoms with E-state index in [2.05, 4.69) is 0 Å². The highest BCUT2D eigenvalue weighted by molar-refractivity contribution is 8.08. The van der Waals surface area contributed by atoms with Gasteiger partial charge in [0.25, 0.3) is 0 Å². The Bertz CT molecular complexity index is 903. The number of phenolic OH excluding ortho intramolecular Hbond substituents is 2. The van der Waals surface area contributed by atoms with Gasteiger partial charge in [-0.2, -0.15) is 0 Å². The normalized spacial score (nSPS) is 25.6. The zero-order valence-electron chi connectivity index (χ0n) is 16.2. The Hall–Kier alpha value is -1.48. The first kappa shape index (κ1) is 21.2. The summed E-state index contributed by atoms with van der Waals surface area (Å²) in [6, 6.07) is 0. The Morgan fingerprint density at radius 3 is 2.18 bits per heavy atom. The zero-order chi connectivity index (χ0) is 21.0. The van der Waals surface area contributed by atoms with Gasteiger partial charge in [-0.25, -0.2) is 0 Å². The van der Waals surface area contributed by atoms with Gasteiger partial charge in [0, 0.05) is 29.2 Å². The van der Waals surface area contributed by atoms with E-state index in [4.69, 9.17) is 0 Å². The van der Waals surface area contributed by atoms with Gasteiger partial charge in [-0.1, -0.05) is 13.8 Å². The van der Waals surface area contributed by atoms with Crippen molar-refractivity contribution in [2.24, 2.45) is 0 Å². The first-order valence-electron chi connectivity index (χ1n) is 9.09. The second-order valence-electron chi connectivity index (χ2n) is 7.52. The maximum absolute atomic E-state index is 13.2. The Labute approximate surface area is 172 Å². The molecule has 0 amide bonds. The second-order valence-corrected chi connectivity index (χ2v) is 9.78. The lowest BCUT2D eigenvalue weighted by Gasteiger charge is -2.37. The standard InChI is InChI=1S/C20H24O6S2/c1-5-8(2)28-19-17(25)13-12(16(24)18(19)27-4)14(22)9-6-11(21)20(3,26)7-10(9)15(13)23/h8,11,21-23,26H,5-7H2,1-4H3/t8?,11-,20+/m1/s1. The molecule has 0 fully saturated rings. The molecular formula is C20H24O6S2. The molecule has 28 heavy (non-hydrogen) atoms. The number of thioether (sulfide) groups is 2. The number of rotatable bonds is 4. The lowest BCUT2D eigenvalue weighted by Crippen LogP contribution is -2.46. The fourth-order valence-corrected chi connectivity index (χ4v) is 5.51. The Morgan fingerprint density at radius 1 is 1.11 bits per heavy atom. The molecule has 6 nitrogen and oxygen atoms in total. The molecule has 1 aromatic carbocycles. The molecule has 1 aromatic rings. The first-order chi connectivity index (χ1) is 13.0. The van der Waals surface area contributed by atoms with Gasteiger partial charge in [-0.05, 0) is 19.6 Å². The van der Waals surface area contributed by atoms with Gasteiger partial charge in [0.15, 0.2) is 0 Å². The number of Topliss-reactive ketones (excluding diaryl/α,β-unsaturated/α-hetero) is 2. The summed E-state index contributed by atoms with van der Waals surface area (Å²) in [5.74, 6) is -1.79. The third-order valence-corrected chi connectivity index (χ3v) is 7.77. The van der Waals surface area contributed by atoms with Crippen LogP contribution in [-0.2, 0) is 12.8 Å². The van der Waals surface area contributed by atoms with Crippen molar-refractivity contribution < 1.29 is 30.0 Å². The van der Waals surface area contributed by atoms with Crippen molar-refractivity contribution in [3.63, 3.8) is 0 Å².